The first-order valence-electron chi connectivity index (χ1n) is 9.28. The lowest BCUT2D eigenvalue weighted by molar-refractivity contribution is -0.142. The van der Waals surface area contributed by atoms with Gasteiger partial charge in [-0.25, -0.2) is 9.97 Å². The average molecular weight is 471 g/mol. The first-order chi connectivity index (χ1) is 13.9. The van der Waals surface area contributed by atoms with E-state index in [0.29, 0.717) is 33.8 Å². The highest BCUT2D eigenvalue weighted by Crippen LogP contribution is 2.38. The molecule has 0 bridgehead atoms. The van der Waals surface area contributed by atoms with Crippen LogP contribution in [0.4, 0.5) is 5.82 Å². The lowest BCUT2D eigenvalue weighted by Crippen LogP contribution is -2.21. The molecule has 1 fully saturated rings. The third kappa shape index (κ3) is 4.61. The van der Waals surface area contributed by atoms with Crippen molar-refractivity contribution in [3.05, 3.63) is 50.0 Å². The van der Waals surface area contributed by atoms with Crippen LogP contribution >= 0.6 is 46.1 Å². The van der Waals surface area contributed by atoms with Crippen LogP contribution in [0, 0.1) is 5.92 Å². The molecule has 5 nitrogen and oxygen atoms in total. The van der Waals surface area contributed by atoms with E-state index in [9.17, 15) is 9.90 Å². The van der Waals surface area contributed by atoms with Crippen LogP contribution in [0.15, 0.2) is 24.3 Å². The Morgan fingerprint density at radius 3 is 2.55 bits per heavy atom. The number of rotatable bonds is 5. The summed E-state index contributed by atoms with van der Waals surface area (Å²) in [5, 5.41) is 14.5. The van der Waals surface area contributed by atoms with Crippen molar-refractivity contribution >= 4 is 68.1 Å². The van der Waals surface area contributed by atoms with Crippen LogP contribution in [0.3, 0.4) is 0 Å². The lowest BCUT2D eigenvalue weighted by Gasteiger charge is -2.25. The Bertz CT molecular complexity index is 1060. The maximum Gasteiger partial charge on any atom is 0.306 e. The van der Waals surface area contributed by atoms with E-state index in [2.05, 4.69) is 5.32 Å². The molecule has 4 rings (SSSR count). The summed E-state index contributed by atoms with van der Waals surface area (Å²) in [4.78, 5) is 21.6. The second-order valence-electron chi connectivity index (χ2n) is 7.19. The molecule has 3 aromatic rings. The Hall–Kier alpha value is -1.60. The minimum absolute atomic E-state index is 0.154. The molecule has 2 aromatic heterocycles. The molecule has 0 radical (unpaired) electrons. The van der Waals surface area contributed by atoms with Gasteiger partial charge in [0.25, 0.3) is 0 Å². The summed E-state index contributed by atoms with van der Waals surface area (Å²) >= 11 is 19.7. The van der Waals surface area contributed by atoms with Gasteiger partial charge < -0.3 is 10.4 Å². The third-order valence-electron chi connectivity index (χ3n) is 5.27. The van der Waals surface area contributed by atoms with Gasteiger partial charge in [0.2, 0.25) is 0 Å². The maximum absolute atomic E-state index is 11.2. The molecule has 0 spiro atoms. The summed E-state index contributed by atoms with van der Waals surface area (Å²) < 4.78 is 0.652. The Kier molecular flexibility index (Phi) is 6.16. The zero-order chi connectivity index (χ0) is 20.5. The number of aromatic nitrogens is 2. The number of halogens is 3. The van der Waals surface area contributed by atoms with Gasteiger partial charge in [-0.15, -0.1) is 11.3 Å². The van der Waals surface area contributed by atoms with Crippen molar-refractivity contribution in [1.82, 2.24) is 9.97 Å². The fourth-order valence-electron chi connectivity index (χ4n) is 3.66. The maximum atomic E-state index is 11.2. The van der Waals surface area contributed by atoms with E-state index in [0.717, 1.165) is 40.3 Å². The van der Waals surface area contributed by atoms with E-state index < -0.39 is 5.97 Å². The van der Waals surface area contributed by atoms with Crippen LogP contribution in [0.1, 0.15) is 43.0 Å². The Morgan fingerprint density at radius 1 is 1.10 bits per heavy atom. The molecule has 1 saturated carbocycles. The number of carbonyl (C=O) groups is 1. The van der Waals surface area contributed by atoms with E-state index in [4.69, 9.17) is 44.8 Å². The summed E-state index contributed by atoms with van der Waals surface area (Å²) in [5.74, 6) is 0.643. The lowest BCUT2D eigenvalue weighted by atomic mass is 9.81. The second kappa shape index (κ2) is 8.64. The average Bonchev–Trinajstić information content (AvgIpc) is 3.09. The largest absolute Gasteiger partial charge is 0.481 e. The summed E-state index contributed by atoms with van der Waals surface area (Å²) in [6.45, 7) is 0.529. The Morgan fingerprint density at radius 2 is 1.86 bits per heavy atom. The number of thiophene rings is 1. The van der Waals surface area contributed by atoms with Gasteiger partial charge in [0.15, 0.2) is 0 Å². The molecule has 0 saturated heterocycles. The van der Waals surface area contributed by atoms with Crippen LogP contribution in [0.5, 0.6) is 0 Å². The number of nitrogens with zero attached hydrogens (tertiary/aromatic N) is 2. The third-order valence-corrected chi connectivity index (χ3v) is 7.16. The Balaban J connectivity index is 1.59. The number of fused-ring (bicyclic) bond motifs is 1. The fourth-order valence-corrected chi connectivity index (χ4v) is 5.08. The monoisotopic (exact) mass is 469 g/mol. The van der Waals surface area contributed by atoms with Crippen molar-refractivity contribution < 1.29 is 9.90 Å². The van der Waals surface area contributed by atoms with Crippen LogP contribution in [0.2, 0.25) is 14.4 Å². The topological polar surface area (TPSA) is 75.1 Å². The molecule has 2 N–H and O–H groups in total. The quantitative estimate of drug-likeness (QED) is 0.438. The van der Waals surface area contributed by atoms with E-state index in [1.54, 1.807) is 6.07 Å². The van der Waals surface area contributed by atoms with Gasteiger partial charge in [-0.05, 0) is 49.4 Å². The van der Waals surface area contributed by atoms with Crippen LogP contribution in [-0.4, -0.2) is 21.0 Å². The number of anilines is 1. The molecular weight excluding hydrogens is 453 g/mol. The number of carboxylic acid groups (broad SMARTS) is 1. The van der Waals surface area contributed by atoms with E-state index in [1.807, 2.05) is 18.2 Å². The highest BCUT2D eigenvalue weighted by molar-refractivity contribution is 7.22. The molecular formula is C20H18Cl3N3O2S. The number of hydrogen-bond donors (Lipinski definition) is 2. The standard InChI is InChI=1S/C20H18Cl3N3O2S/c21-14-6-1-10(7-15(14)22)9-24-18-13-8-16(23)29-19(13)26-17(25-18)11-2-4-12(5-3-11)20(27)28/h1,6-8,11-12H,2-5,9H2,(H,27,28)(H,24,25,26). The predicted octanol–water partition coefficient (Wildman–Crippen LogP) is 6.62. The summed E-state index contributed by atoms with van der Waals surface area (Å²) in [6, 6.07) is 7.37. The van der Waals surface area contributed by atoms with Crippen LogP contribution < -0.4 is 5.32 Å². The van der Waals surface area contributed by atoms with Crippen molar-refractivity contribution in [2.45, 2.75) is 38.1 Å². The molecule has 152 valence electrons. The molecule has 1 aliphatic carbocycles. The number of nitrogens with one attached hydrogen (secondary N) is 1. The number of carboxylic acids is 1. The molecule has 0 amide bonds. The van der Waals surface area contributed by atoms with Gasteiger partial charge in [0.1, 0.15) is 16.5 Å². The number of benzene rings is 1. The van der Waals surface area contributed by atoms with Gasteiger partial charge in [0, 0.05) is 12.5 Å². The summed E-state index contributed by atoms with van der Waals surface area (Å²) in [6.07, 6.45) is 2.85. The highest BCUT2D eigenvalue weighted by Gasteiger charge is 2.29. The zero-order valence-electron chi connectivity index (χ0n) is 15.3. The van der Waals surface area contributed by atoms with Crippen LogP contribution in [-0.2, 0) is 11.3 Å². The molecule has 0 unspecified atom stereocenters. The summed E-state index contributed by atoms with van der Waals surface area (Å²) in [5.41, 5.74) is 0.982. The van der Waals surface area contributed by atoms with Crippen molar-refractivity contribution in [2.75, 3.05) is 5.32 Å². The van der Waals surface area contributed by atoms with Crippen molar-refractivity contribution in [2.24, 2.45) is 5.92 Å². The molecule has 1 aliphatic rings. The normalized spacial score (nSPS) is 19.4. The SMILES string of the molecule is O=C(O)C1CCC(c2nc(NCc3ccc(Cl)c(Cl)c3)c3cc(Cl)sc3n2)CC1. The van der Waals surface area contributed by atoms with E-state index >= 15 is 0 Å². The van der Waals surface area contributed by atoms with E-state index in [-0.39, 0.29) is 11.8 Å². The fraction of sp³-hybridized carbons (Fsp3) is 0.350. The van der Waals surface area contributed by atoms with E-state index in [1.165, 1.54) is 11.3 Å². The minimum Gasteiger partial charge on any atom is -0.481 e. The first-order valence-corrected chi connectivity index (χ1v) is 11.2. The van der Waals surface area contributed by atoms with Gasteiger partial charge >= 0.3 is 5.97 Å². The molecule has 9 heteroatoms. The van der Waals surface area contributed by atoms with Crippen molar-refractivity contribution in [1.29, 1.82) is 0 Å². The first kappa shape index (κ1) is 20.7. The molecule has 0 atom stereocenters. The number of hydrogen-bond acceptors (Lipinski definition) is 5. The van der Waals surface area contributed by atoms with Crippen molar-refractivity contribution in [3.8, 4) is 0 Å². The van der Waals surface area contributed by atoms with Gasteiger partial charge in [0.05, 0.1) is 25.7 Å². The van der Waals surface area contributed by atoms with Gasteiger partial charge in [-0.1, -0.05) is 40.9 Å². The molecule has 2 heterocycles. The highest BCUT2D eigenvalue weighted by atomic mass is 35.5. The predicted molar refractivity (Wildman–Crippen MR) is 119 cm³/mol. The summed E-state index contributed by atoms with van der Waals surface area (Å²) in [7, 11) is 0. The zero-order valence-corrected chi connectivity index (χ0v) is 18.4. The Labute approximate surface area is 187 Å². The molecule has 1 aromatic carbocycles. The molecule has 29 heavy (non-hydrogen) atoms. The smallest absolute Gasteiger partial charge is 0.306 e. The second-order valence-corrected chi connectivity index (χ2v) is 9.66. The van der Waals surface area contributed by atoms with Gasteiger partial charge in [-0.3, -0.25) is 4.79 Å². The van der Waals surface area contributed by atoms with Crippen molar-refractivity contribution in [3.63, 3.8) is 0 Å². The molecule has 0 aliphatic heterocycles. The number of aliphatic carboxylic acids is 1. The van der Waals surface area contributed by atoms with Gasteiger partial charge in [-0.2, -0.15) is 0 Å². The van der Waals surface area contributed by atoms with Crippen LogP contribution in [0.25, 0.3) is 10.2 Å². The minimum atomic E-state index is -0.714.